The van der Waals surface area contributed by atoms with Crippen molar-refractivity contribution < 1.29 is 19.8 Å². The van der Waals surface area contributed by atoms with Crippen LogP contribution in [0, 0.1) is 0 Å². The molecule has 0 saturated heterocycles. The van der Waals surface area contributed by atoms with Crippen molar-refractivity contribution in [3.63, 3.8) is 0 Å². The lowest BCUT2D eigenvalue weighted by molar-refractivity contribution is -0.137. The van der Waals surface area contributed by atoms with E-state index in [2.05, 4.69) is 10.4 Å². The van der Waals surface area contributed by atoms with Crippen molar-refractivity contribution in [1.29, 1.82) is 0 Å². The van der Waals surface area contributed by atoms with Crippen LogP contribution in [0.25, 0.3) is 22.6 Å². The van der Waals surface area contributed by atoms with Crippen LogP contribution in [0.3, 0.4) is 0 Å². The SMILES string of the molecule is C/C=N\N1C(C(=O)NCC(=O)O)=C(O)c2ccc(-c3ccc(Cl)cc3)cc2/C1=C(\C)CC. The standard InChI is InChI=1S/C24H24ClN3O4/c1-4-14(3)21-19-12-16(15-6-9-17(25)10-7-15)8-11-18(19)23(31)22(28(21)27-5-2)24(32)26-13-20(29)30/h5-12,31H,4,13H2,1-3H3,(H,26,32)(H,29,30)/b21-14-,27-5-. The molecule has 0 saturated carbocycles. The fourth-order valence-electron chi connectivity index (χ4n) is 3.47. The van der Waals surface area contributed by atoms with Gasteiger partial charge in [0.2, 0.25) is 0 Å². The van der Waals surface area contributed by atoms with Crippen LogP contribution in [0.1, 0.15) is 38.3 Å². The zero-order valence-corrected chi connectivity index (χ0v) is 18.8. The van der Waals surface area contributed by atoms with E-state index in [0.717, 1.165) is 22.3 Å². The Hall–Kier alpha value is -3.58. The van der Waals surface area contributed by atoms with Crippen LogP contribution < -0.4 is 5.32 Å². The molecule has 3 N–H and O–H groups in total. The van der Waals surface area contributed by atoms with E-state index < -0.39 is 18.4 Å². The van der Waals surface area contributed by atoms with Gasteiger partial charge < -0.3 is 15.5 Å². The van der Waals surface area contributed by atoms with Crippen LogP contribution in [-0.2, 0) is 9.59 Å². The number of nitrogens with one attached hydrogen (secondary N) is 1. The van der Waals surface area contributed by atoms with Crippen LogP contribution >= 0.6 is 11.6 Å². The number of amides is 1. The number of aliphatic carboxylic acids is 1. The van der Waals surface area contributed by atoms with Crippen LogP contribution in [0.4, 0.5) is 0 Å². The van der Waals surface area contributed by atoms with Gasteiger partial charge in [-0.25, -0.2) is 5.01 Å². The summed E-state index contributed by atoms with van der Waals surface area (Å²) in [6.45, 7) is 5.04. The number of hydrazone groups is 1. The summed E-state index contributed by atoms with van der Waals surface area (Å²) < 4.78 is 0. The summed E-state index contributed by atoms with van der Waals surface area (Å²) in [7, 11) is 0. The van der Waals surface area contributed by atoms with Gasteiger partial charge in [-0.3, -0.25) is 9.59 Å². The quantitative estimate of drug-likeness (QED) is 0.540. The second kappa shape index (κ2) is 9.70. The van der Waals surface area contributed by atoms with Crippen molar-refractivity contribution in [2.24, 2.45) is 5.10 Å². The lowest BCUT2D eigenvalue weighted by Gasteiger charge is -2.32. The van der Waals surface area contributed by atoms with Crippen molar-refractivity contribution in [2.45, 2.75) is 27.2 Å². The van der Waals surface area contributed by atoms with Crippen LogP contribution in [-0.4, -0.2) is 39.9 Å². The molecule has 1 aliphatic rings. The number of hydrogen-bond acceptors (Lipinski definition) is 5. The molecule has 8 heteroatoms. The molecule has 0 unspecified atom stereocenters. The summed E-state index contributed by atoms with van der Waals surface area (Å²) in [6, 6.07) is 13.0. The average molecular weight is 454 g/mol. The van der Waals surface area contributed by atoms with Crippen molar-refractivity contribution >= 4 is 41.1 Å². The molecule has 0 aliphatic carbocycles. The predicted octanol–water partition coefficient (Wildman–Crippen LogP) is 4.90. The van der Waals surface area contributed by atoms with Gasteiger partial charge >= 0.3 is 5.97 Å². The number of carbonyl (C=O) groups is 2. The average Bonchev–Trinajstić information content (AvgIpc) is 2.77. The summed E-state index contributed by atoms with van der Waals surface area (Å²) in [5, 5.41) is 28.6. The summed E-state index contributed by atoms with van der Waals surface area (Å²) >= 11 is 6.02. The molecule has 0 atom stereocenters. The fourth-order valence-corrected chi connectivity index (χ4v) is 3.60. The number of allylic oxidation sites excluding steroid dienone is 1. The maximum Gasteiger partial charge on any atom is 0.322 e. The van der Waals surface area contributed by atoms with Crippen molar-refractivity contribution in [3.8, 4) is 11.1 Å². The number of halogens is 1. The molecular formula is C24H24ClN3O4. The maximum absolute atomic E-state index is 12.8. The van der Waals surface area contributed by atoms with Gasteiger partial charge in [-0.1, -0.05) is 36.7 Å². The lowest BCUT2D eigenvalue weighted by atomic mass is 9.90. The Bertz CT molecular complexity index is 1150. The van der Waals surface area contributed by atoms with E-state index in [1.807, 2.05) is 38.1 Å². The molecule has 0 fully saturated rings. The molecule has 3 rings (SSSR count). The van der Waals surface area contributed by atoms with Gasteiger partial charge in [0.25, 0.3) is 5.91 Å². The van der Waals surface area contributed by atoms with Gasteiger partial charge in [-0.05, 0) is 61.2 Å². The number of rotatable bonds is 6. The molecule has 2 aromatic carbocycles. The number of hydrogen-bond donors (Lipinski definition) is 3. The summed E-state index contributed by atoms with van der Waals surface area (Å²) in [6.07, 6.45) is 2.19. The van der Waals surface area contributed by atoms with E-state index in [-0.39, 0.29) is 11.5 Å². The van der Waals surface area contributed by atoms with Gasteiger partial charge in [0.1, 0.15) is 6.54 Å². The van der Waals surface area contributed by atoms with E-state index in [0.29, 0.717) is 22.7 Å². The Labute approximate surface area is 191 Å². The minimum absolute atomic E-state index is 0.126. The number of aliphatic hydroxyl groups excluding tert-OH is 1. The Morgan fingerprint density at radius 3 is 2.38 bits per heavy atom. The fraction of sp³-hybridized carbons (Fsp3) is 0.208. The number of fused-ring (bicyclic) bond motifs is 1. The minimum atomic E-state index is -1.19. The molecule has 0 bridgehead atoms. The zero-order valence-electron chi connectivity index (χ0n) is 18.0. The van der Waals surface area contributed by atoms with E-state index in [1.54, 1.807) is 25.1 Å². The first-order valence-electron chi connectivity index (χ1n) is 10.1. The van der Waals surface area contributed by atoms with Crippen molar-refractivity contribution in [2.75, 3.05) is 6.54 Å². The first kappa shape index (κ1) is 23.1. The Morgan fingerprint density at radius 1 is 1.12 bits per heavy atom. The molecule has 1 amide bonds. The number of carbonyl (C=O) groups excluding carboxylic acids is 1. The van der Waals surface area contributed by atoms with E-state index in [4.69, 9.17) is 16.7 Å². The summed E-state index contributed by atoms with van der Waals surface area (Å²) in [4.78, 5) is 23.8. The van der Waals surface area contributed by atoms with Crippen LogP contribution in [0.5, 0.6) is 0 Å². The van der Waals surface area contributed by atoms with Gasteiger partial charge in [0.15, 0.2) is 11.5 Å². The lowest BCUT2D eigenvalue weighted by Crippen LogP contribution is -2.37. The maximum atomic E-state index is 12.8. The number of nitrogens with zero attached hydrogens (tertiary/aromatic N) is 2. The highest BCUT2D eigenvalue weighted by molar-refractivity contribution is 6.30. The highest BCUT2D eigenvalue weighted by atomic mass is 35.5. The Kier molecular flexibility index (Phi) is 7.00. The molecule has 0 radical (unpaired) electrons. The highest BCUT2D eigenvalue weighted by Crippen LogP contribution is 2.41. The molecule has 0 spiro atoms. The number of carboxylic acid groups (broad SMARTS) is 1. The largest absolute Gasteiger partial charge is 0.505 e. The molecular weight excluding hydrogens is 430 g/mol. The number of carboxylic acids is 1. The van der Waals surface area contributed by atoms with Gasteiger partial charge in [-0.15, -0.1) is 0 Å². The minimum Gasteiger partial charge on any atom is -0.505 e. The zero-order chi connectivity index (χ0) is 23.4. The van der Waals surface area contributed by atoms with Crippen molar-refractivity contribution in [3.05, 3.63) is 69.9 Å². The Balaban J connectivity index is 2.25. The third kappa shape index (κ3) is 4.53. The van der Waals surface area contributed by atoms with E-state index in [9.17, 15) is 14.7 Å². The molecule has 0 aromatic heterocycles. The first-order valence-corrected chi connectivity index (χ1v) is 10.5. The van der Waals surface area contributed by atoms with Gasteiger partial charge in [0, 0.05) is 22.4 Å². The first-order chi connectivity index (χ1) is 15.3. The van der Waals surface area contributed by atoms with Gasteiger partial charge in [0.05, 0.1) is 5.70 Å². The Morgan fingerprint density at radius 2 is 1.78 bits per heavy atom. The van der Waals surface area contributed by atoms with Crippen LogP contribution in [0.15, 0.2) is 58.8 Å². The second-order valence-corrected chi connectivity index (χ2v) is 7.65. The third-order valence-electron chi connectivity index (χ3n) is 5.14. The van der Waals surface area contributed by atoms with Gasteiger partial charge in [-0.2, -0.15) is 5.10 Å². The highest BCUT2D eigenvalue weighted by Gasteiger charge is 2.34. The second-order valence-electron chi connectivity index (χ2n) is 7.21. The smallest absolute Gasteiger partial charge is 0.322 e. The molecule has 1 aliphatic heterocycles. The monoisotopic (exact) mass is 453 g/mol. The van der Waals surface area contributed by atoms with Crippen LogP contribution in [0.2, 0.25) is 5.02 Å². The van der Waals surface area contributed by atoms with E-state index in [1.165, 1.54) is 11.2 Å². The molecule has 32 heavy (non-hydrogen) atoms. The topological polar surface area (TPSA) is 102 Å². The third-order valence-corrected chi connectivity index (χ3v) is 5.39. The molecule has 1 heterocycles. The van der Waals surface area contributed by atoms with E-state index >= 15 is 0 Å². The number of aliphatic hydroxyl groups is 1. The van der Waals surface area contributed by atoms with Crippen molar-refractivity contribution in [1.82, 2.24) is 10.3 Å². The predicted molar refractivity (Wildman–Crippen MR) is 126 cm³/mol. The number of benzene rings is 2. The molecule has 166 valence electrons. The molecule has 7 nitrogen and oxygen atoms in total. The summed E-state index contributed by atoms with van der Waals surface area (Å²) in [5.74, 6) is -2.19. The molecule has 2 aromatic rings. The normalized spacial score (nSPS) is 15.1. The summed E-state index contributed by atoms with van der Waals surface area (Å²) in [5.41, 5.74) is 4.52.